The number of hydrogen-bond donors (Lipinski definition) is 1. The van der Waals surface area contributed by atoms with Crippen LogP contribution < -0.4 is 10.2 Å². The fraction of sp³-hybridized carbons (Fsp3) is 0.261. The van der Waals surface area contributed by atoms with E-state index in [-0.39, 0.29) is 16.6 Å². The highest BCUT2D eigenvalue weighted by molar-refractivity contribution is 6.53. The van der Waals surface area contributed by atoms with Crippen LogP contribution in [0.15, 0.2) is 65.3 Å². The highest BCUT2D eigenvalue weighted by atomic mass is 35.5. The molecule has 0 unspecified atom stereocenters. The molecule has 1 saturated heterocycles. The summed E-state index contributed by atoms with van der Waals surface area (Å²) < 4.78 is 0. The van der Waals surface area contributed by atoms with E-state index in [9.17, 15) is 14.4 Å². The number of likely N-dealkylation sites (tertiary alicyclic amines) is 1. The SMILES string of the molecule is CC1CCN(C(=O)c2ccc(NC3=C(Cl)C(=O)N(c4ccccc4)C3=O)cc2)CC1. The minimum atomic E-state index is -0.568. The van der Waals surface area contributed by atoms with Crippen LogP contribution in [-0.2, 0) is 9.59 Å². The number of carbonyl (C=O) groups is 3. The zero-order chi connectivity index (χ0) is 21.3. The number of anilines is 2. The van der Waals surface area contributed by atoms with E-state index < -0.39 is 11.8 Å². The Kier molecular flexibility index (Phi) is 5.59. The van der Waals surface area contributed by atoms with Crippen LogP contribution in [0.2, 0.25) is 0 Å². The molecule has 154 valence electrons. The second-order valence-electron chi connectivity index (χ2n) is 7.65. The highest BCUT2D eigenvalue weighted by Gasteiger charge is 2.38. The Morgan fingerprint density at radius 2 is 1.60 bits per heavy atom. The van der Waals surface area contributed by atoms with Gasteiger partial charge in [-0.25, -0.2) is 4.90 Å². The van der Waals surface area contributed by atoms with Gasteiger partial charge in [0, 0.05) is 24.3 Å². The number of halogens is 1. The smallest absolute Gasteiger partial charge is 0.283 e. The van der Waals surface area contributed by atoms with Crippen LogP contribution in [0.5, 0.6) is 0 Å². The average Bonchev–Trinajstić information content (AvgIpc) is 2.98. The van der Waals surface area contributed by atoms with Crippen LogP contribution in [0.25, 0.3) is 0 Å². The first-order chi connectivity index (χ1) is 14.5. The van der Waals surface area contributed by atoms with E-state index in [0.29, 0.717) is 22.9 Å². The van der Waals surface area contributed by atoms with Gasteiger partial charge in [0.25, 0.3) is 17.7 Å². The molecule has 0 saturated carbocycles. The Morgan fingerprint density at radius 1 is 0.967 bits per heavy atom. The van der Waals surface area contributed by atoms with E-state index in [1.54, 1.807) is 54.6 Å². The molecule has 6 nitrogen and oxygen atoms in total. The van der Waals surface area contributed by atoms with Crippen molar-refractivity contribution in [2.75, 3.05) is 23.3 Å². The van der Waals surface area contributed by atoms with Crippen molar-refractivity contribution < 1.29 is 14.4 Å². The van der Waals surface area contributed by atoms with Crippen LogP contribution in [0.1, 0.15) is 30.1 Å². The number of para-hydroxylation sites is 1. The topological polar surface area (TPSA) is 69.7 Å². The van der Waals surface area contributed by atoms with Crippen molar-refractivity contribution in [1.29, 1.82) is 0 Å². The van der Waals surface area contributed by atoms with Gasteiger partial charge in [0.05, 0.1) is 5.69 Å². The average molecular weight is 424 g/mol. The van der Waals surface area contributed by atoms with Gasteiger partial charge in [0.1, 0.15) is 10.7 Å². The lowest BCUT2D eigenvalue weighted by Crippen LogP contribution is -2.37. The molecule has 0 aromatic heterocycles. The molecule has 2 heterocycles. The first kappa shape index (κ1) is 20.2. The lowest BCUT2D eigenvalue weighted by Gasteiger charge is -2.30. The molecule has 2 aliphatic rings. The molecule has 7 heteroatoms. The summed E-state index contributed by atoms with van der Waals surface area (Å²) in [6.45, 7) is 3.75. The summed E-state index contributed by atoms with van der Waals surface area (Å²) in [4.78, 5) is 40.9. The molecular weight excluding hydrogens is 402 g/mol. The summed E-state index contributed by atoms with van der Waals surface area (Å²) in [7, 11) is 0. The summed E-state index contributed by atoms with van der Waals surface area (Å²) in [5, 5.41) is 2.77. The van der Waals surface area contributed by atoms with Crippen LogP contribution in [-0.4, -0.2) is 35.7 Å². The Labute approximate surface area is 180 Å². The molecule has 0 aliphatic carbocycles. The summed E-state index contributed by atoms with van der Waals surface area (Å²) in [5.74, 6) is -0.422. The van der Waals surface area contributed by atoms with Crippen LogP contribution in [0, 0.1) is 5.92 Å². The van der Waals surface area contributed by atoms with Crippen molar-refractivity contribution in [3.8, 4) is 0 Å². The van der Waals surface area contributed by atoms with Crippen molar-refractivity contribution in [1.82, 2.24) is 4.90 Å². The fourth-order valence-electron chi connectivity index (χ4n) is 3.66. The molecule has 0 atom stereocenters. The highest BCUT2D eigenvalue weighted by Crippen LogP contribution is 2.30. The van der Waals surface area contributed by atoms with E-state index in [1.807, 2.05) is 4.90 Å². The van der Waals surface area contributed by atoms with Gasteiger partial charge in [-0.1, -0.05) is 36.7 Å². The number of hydrogen-bond acceptors (Lipinski definition) is 4. The maximum Gasteiger partial charge on any atom is 0.283 e. The standard InChI is InChI=1S/C23H22ClN3O3/c1-15-11-13-26(14-12-15)21(28)16-7-9-17(10-8-16)25-20-19(24)22(29)27(23(20)30)18-5-3-2-4-6-18/h2-10,15,25H,11-14H2,1H3. The lowest BCUT2D eigenvalue weighted by molar-refractivity contribution is -0.120. The van der Waals surface area contributed by atoms with Gasteiger partial charge in [-0.05, 0) is 55.2 Å². The van der Waals surface area contributed by atoms with Crippen molar-refractivity contribution >= 4 is 40.7 Å². The summed E-state index contributed by atoms with van der Waals surface area (Å²) in [6.07, 6.45) is 2.04. The zero-order valence-electron chi connectivity index (χ0n) is 16.6. The molecule has 0 radical (unpaired) electrons. The van der Waals surface area contributed by atoms with Gasteiger partial charge < -0.3 is 10.2 Å². The number of nitrogens with one attached hydrogen (secondary N) is 1. The summed E-state index contributed by atoms with van der Waals surface area (Å²) >= 11 is 6.16. The molecule has 1 fully saturated rings. The molecule has 4 rings (SSSR count). The van der Waals surface area contributed by atoms with E-state index in [1.165, 1.54) is 0 Å². The van der Waals surface area contributed by atoms with Crippen LogP contribution in [0.3, 0.4) is 0 Å². The minimum absolute atomic E-state index is 0.00747. The van der Waals surface area contributed by atoms with Gasteiger partial charge >= 0.3 is 0 Å². The second-order valence-corrected chi connectivity index (χ2v) is 8.03. The van der Waals surface area contributed by atoms with E-state index in [0.717, 1.165) is 30.8 Å². The Morgan fingerprint density at radius 3 is 2.23 bits per heavy atom. The van der Waals surface area contributed by atoms with Crippen molar-refractivity contribution in [2.24, 2.45) is 5.92 Å². The quantitative estimate of drug-likeness (QED) is 0.755. The Hall–Kier alpha value is -3.12. The molecule has 0 spiro atoms. The van der Waals surface area contributed by atoms with Gasteiger partial charge in [-0.3, -0.25) is 14.4 Å². The Bertz CT molecular complexity index is 1010. The van der Waals surface area contributed by atoms with Crippen molar-refractivity contribution in [3.05, 3.63) is 70.9 Å². The van der Waals surface area contributed by atoms with E-state index in [4.69, 9.17) is 11.6 Å². The van der Waals surface area contributed by atoms with E-state index >= 15 is 0 Å². The van der Waals surface area contributed by atoms with Crippen LogP contribution in [0.4, 0.5) is 11.4 Å². The number of nitrogens with zero attached hydrogens (tertiary/aromatic N) is 2. The Balaban J connectivity index is 1.47. The molecule has 2 aromatic rings. The number of imide groups is 1. The molecule has 2 aromatic carbocycles. The molecule has 0 bridgehead atoms. The third-order valence-corrected chi connectivity index (χ3v) is 5.86. The molecular formula is C23H22ClN3O3. The zero-order valence-corrected chi connectivity index (χ0v) is 17.4. The van der Waals surface area contributed by atoms with Crippen molar-refractivity contribution in [2.45, 2.75) is 19.8 Å². The molecule has 30 heavy (non-hydrogen) atoms. The monoisotopic (exact) mass is 423 g/mol. The lowest BCUT2D eigenvalue weighted by atomic mass is 9.98. The molecule has 1 N–H and O–H groups in total. The van der Waals surface area contributed by atoms with E-state index in [2.05, 4.69) is 12.2 Å². The predicted octanol–water partition coefficient (Wildman–Crippen LogP) is 3.99. The summed E-state index contributed by atoms with van der Waals surface area (Å²) in [6, 6.07) is 15.5. The van der Waals surface area contributed by atoms with Gasteiger partial charge in [0.15, 0.2) is 0 Å². The largest absolute Gasteiger partial charge is 0.350 e. The number of rotatable bonds is 4. The van der Waals surface area contributed by atoms with Gasteiger partial charge in [0.2, 0.25) is 0 Å². The number of carbonyl (C=O) groups excluding carboxylic acids is 3. The first-order valence-corrected chi connectivity index (χ1v) is 10.3. The minimum Gasteiger partial charge on any atom is -0.350 e. The third-order valence-electron chi connectivity index (χ3n) is 5.51. The predicted molar refractivity (Wildman–Crippen MR) is 116 cm³/mol. The summed E-state index contributed by atoms with van der Waals surface area (Å²) in [5.41, 5.74) is 1.65. The number of amides is 3. The third kappa shape index (κ3) is 3.83. The molecule has 2 aliphatic heterocycles. The maximum atomic E-state index is 12.8. The maximum absolute atomic E-state index is 12.8. The first-order valence-electron chi connectivity index (χ1n) is 9.95. The van der Waals surface area contributed by atoms with Crippen LogP contribution >= 0.6 is 11.6 Å². The number of piperidine rings is 1. The van der Waals surface area contributed by atoms with Gasteiger partial charge in [-0.2, -0.15) is 0 Å². The molecule has 3 amide bonds. The van der Waals surface area contributed by atoms with Crippen molar-refractivity contribution in [3.63, 3.8) is 0 Å². The van der Waals surface area contributed by atoms with Gasteiger partial charge in [-0.15, -0.1) is 0 Å². The number of benzene rings is 2. The normalized spacial score (nSPS) is 17.7. The fourth-order valence-corrected chi connectivity index (χ4v) is 3.87. The second kappa shape index (κ2) is 8.32.